The molecule has 0 atom stereocenters. The average Bonchev–Trinajstić information content (AvgIpc) is 2.54. The first-order valence-electron chi connectivity index (χ1n) is 7.19. The van der Waals surface area contributed by atoms with Gasteiger partial charge in [-0.05, 0) is 37.5 Å². The molecule has 1 heterocycles. The van der Waals surface area contributed by atoms with Crippen molar-refractivity contribution < 1.29 is 27.9 Å². The van der Waals surface area contributed by atoms with Crippen LogP contribution in [0.3, 0.4) is 0 Å². The standard InChI is InChI=1S/C15H19NO6S/c1-10-3-4-12(9-13(10)15(19)22-2)23(20,21)16-7-5-11(6-8-16)14(17)18/h3-4,9,11H,5-8H2,1-2H3,(H,17,18). The van der Waals surface area contributed by atoms with Crippen molar-refractivity contribution in [1.29, 1.82) is 0 Å². The Labute approximate surface area is 134 Å². The summed E-state index contributed by atoms with van der Waals surface area (Å²) in [6.45, 7) is 2.00. The molecule has 1 fully saturated rings. The Kier molecular flexibility index (Phi) is 5.06. The van der Waals surface area contributed by atoms with Gasteiger partial charge in [0.1, 0.15) is 0 Å². The molecular formula is C15H19NO6S. The van der Waals surface area contributed by atoms with Gasteiger partial charge in [-0.15, -0.1) is 0 Å². The number of aryl methyl sites for hydroxylation is 1. The van der Waals surface area contributed by atoms with Crippen LogP contribution in [0.15, 0.2) is 23.1 Å². The number of methoxy groups -OCH3 is 1. The zero-order chi connectivity index (χ0) is 17.2. The Morgan fingerprint density at radius 2 is 1.87 bits per heavy atom. The van der Waals surface area contributed by atoms with E-state index >= 15 is 0 Å². The van der Waals surface area contributed by atoms with Crippen molar-refractivity contribution in [2.45, 2.75) is 24.7 Å². The summed E-state index contributed by atoms with van der Waals surface area (Å²) in [5, 5.41) is 8.98. The third-order valence-corrected chi connectivity index (χ3v) is 5.95. The molecule has 0 unspecified atom stereocenters. The van der Waals surface area contributed by atoms with Crippen LogP contribution in [0.2, 0.25) is 0 Å². The monoisotopic (exact) mass is 341 g/mol. The number of aliphatic carboxylic acids is 1. The van der Waals surface area contributed by atoms with Crippen molar-refractivity contribution in [3.63, 3.8) is 0 Å². The summed E-state index contributed by atoms with van der Waals surface area (Å²) in [5.41, 5.74) is 0.828. The smallest absolute Gasteiger partial charge is 0.338 e. The molecule has 0 amide bonds. The minimum absolute atomic E-state index is 0.0114. The summed E-state index contributed by atoms with van der Waals surface area (Å²) in [6, 6.07) is 4.31. The first kappa shape index (κ1) is 17.4. The summed E-state index contributed by atoms with van der Waals surface area (Å²) in [4.78, 5) is 22.7. The van der Waals surface area contributed by atoms with E-state index in [1.54, 1.807) is 13.0 Å². The number of carbonyl (C=O) groups is 2. The summed E-state index contributed by atoms with van der Waals surface area (Å²) < 4.78 is 31.2. The van der Waals surface area contributed by atoms with E-state index in [2.05, 4.69) is 4.74 Å². The largest absolute Gasteiger partial charge is 0.481 e. The van der Waals surface area contributed by atoms with Gasteiger partial charge in [0.25, 0.3) is 0 Å². The molecule has 0 aliphatic carbocycles. The number of sulfonamides is 1. The van der Waals surface area contributed by atoms with E-state index in [9.17, 15) is 18.0 Å². The highest BCUT2D eigenvalue weighted by atomic mass is 32.2. The number of carboxylic acid groups (broad SMARTS) is 1. The van der Waals surface area contributed by atoms with Gasteiger partial charge < -0.3 is 9.84 Å². The molecule has 126 valence electrons. The third kappa shape index (κ3) is 3.53. The van der Waals surface area contributed by atoms with Crippen LogP contribution in [0, 0.1) is 12.8 Å². The van der Waals surface area contributed by atoms with Crippen LogP contribution >= 0.6 is 0 Å². The highest BCUT2D eigenvalue weighted by molar-refractivity contribution is 7.89. The Morgan fingerprint density at radius 1 is 1.26 bits per heavy atom. The molecule has 1 aliphatic heterocycles. The van der Waals surface area contributed by atoms with Gasteiger partial charge in [-0.3, -0.25) is 4.79 Å². The molecule has 0 aromatic heterocycles. The van der Waals surface area contributed by atoms with Gasteiger partial charge in [0.05, 0.1) is 23.5 Å². The summed E-state index contributed by atoms with van der Waals surface area (Å²) in [7, 11) is -2.52. The van der Waals surface area contributed by atoms with Crippen molar-refractivity contribution in [3.8, 4) is 0 Å². The van der Waals surface area contributed by atoms with Crippen LogP contribution in [0.4, 0.5) is 0 Å². The minimum Gasteiger partial charge on any atom is -0.481 e. The van der Waals surface area contributed by atoms with Gasteiger partial charge in [-0.1, -0.05) is 6.07 Å². The SMILES string of the molecule is COC(=O)c1cc(S(=O)(=O)N2CCC(C(=O)O)CC2)ccc1C. The fourth-order valence-electron chi connectivity index (χ4n) is 2.58. The number of rotatable bonds is 4. The van der Waals surface area contributed by atoms with Gasteiger partial charge in [0.2, 0.25) is 10.0 Å². The molecule has 23 heavy (non-hydrogen) atoms. The van der Waals surface area contributed by atoms with E-state index in [4.69, 9.17) is 5.11 Å². The van der Waals surface area contributed by atoms with E-state index in [0.29, 0.717) is 5.56 Å². The number of esters is 1. The molecule has 1 aromatic carbocycles. The minimum atomic E-state index is -3.76. The van der Waals surface area contributed by atoms with Gasteiger partial charge in [-0.25, -0.2) is 13.2 Å². The third-order valence-electron chi connectivity index (χ3n) is 4.06. The number of ether oxygens (including phenoxy) is 1. The molecule has 1 saturated heterocycles. The number of carbonyl (C=O) groups excluding carboxylic acids is 1. The highest BCUT2D eigenvalue weighted by Crippen LogP contribution is 2.25. The molecule has 7 nitrogen and oxygen atoms in total. The maximum Gasteiger partial charge on any atom is 0.338 e. The second kappa shape index (κ2) is 6.67. The van der Waals surface area contributed by atoms with Gasteiger partial charge in [0.15, 0.2) is 0 Å². The second-order valence-electron chi connectivity index (χ2n) is 5.48. The first-order chi connectivity index (χ1) is 10.8. The zero-order valence-corrected chi connectivity index (χ0v) is 13.8. The molecule has 0 radical (unpaired) electrons. The molecule has 0 spiro atoms. The summed E-state index contributed by atoms with van der Waals surface area (Å²) in [6.07, 6.45) is 0.564. The quantitative estimate of drug-likeness (QED) is 0.828. The lowest BCUT2D eigenvalue weighted by Crippen LogP contribution is -2.40. The lowest BCUT2D eigenvalue weighted by atomic mass is 9.99. The number of hydrogen-bond donors (Lipinski definition) is 1. The van der Waals surface area contributed by atoms with E-state index < -0.39 is 27.9 Å². The molecule has 0 saturated carbocycles. The fraction of sp³-hybridized carbons (Fsp3) is 0.467. The Balaban J connectivity index is 2.27. The van der Waals surface area contributed by atoms with E-state index in [0.717, 1.165) is 0 Å². The molecule has 1 N–H and O–H groups in total. The van der Waals surface area contributed by atoms with Gasteiger partial charge >= 0.3 is 11.9 Å². The summed E-state index contributed by atoms with van der Waals surface area (Å²) >= 11 is 0. The van der Waals surface area contributed by atoms with Gasteiger partial charge in [0, 0.05) is 13.1 Å². The second-order valence-corrected chi connectivity index (χ2v) is 7.42. The van der Waals surface area contributed by atoms with Crippen LogP contribution in [-0.4, -0.2) is 50.0 Å². The normalized spacial score (nSPS) is 17.0. The number of benzene rings is 1. The van der Waals surface area contributed by atoms with E-state index in [-0.39, 0.29) is 36.4 Å². The number of carboxylic acids is 1. The van der Waals surface area contributed by atoms with Crippen LogP contribution in [-0.2, 0) is 19.6 Å². The maximum absolute atomic E-state index is 12.7. The number of nitrogens with zero attached hydrogens (tertiary/aromatic N) is 1. The van der Waals surface area contributed by atoms with Crippen LogP contribution in [0.25, 0.3) is 0 Å². The van der Waals surface area contributed by atoms with Gasteiger partial charge in [-0.2, -0.15) is 4.31 Å². The fourth-order valence-corrected chi connectivity index (χ4v) is 4.08. The number of hydrogen-bond acceptors (Lipinski definition) is 5. The van der Waals surface area contributed by atoms with Crippen LogP contribution in [0.1, 0.15) is 28.8 Å². The Morgan fingerprint density at radius 3 is 2.39 bits per heavy atom. The topological polar surface area (TPSA) is 101 Å². The van der Waals surface area contributed by atoms with Crippen molar-refractivity contribution in [2.24, 2.45) is 5.92 Å². The predicted molar refractivity (Wildman–Crippen MR) is 81.6 cm³/mol. The lowest BCUT2D eigenvalue weighted by molar-refractivity contribution is -0.142. The lowest BCUT2D eigenvalue weighted by Gasteiger charge is -2.29. The molecule has 8 heteroatoms. The molecule has 1 aliphatic rings. The van der Waals surface area contributed by atoms with E-state index in [1.165, 1.54) is 23.5 Å². The van der Waals surface area contributed by atoms with Crippen LogP contribution in [0.5, 0.6) is 0 Å². The van der Waals surface area contributed by atoms with Crippen molar-refractivity contribution >= 4 is 22.0 Å². The van der Waals surface area contributed by atoms with Crippen molar-refractivity contribution in [1.82, 2.24) is 4.31 Å². The molecule has 2 rings (SSSR count). The number of piperidine rings is 1. The van der Waals surface area contributed by atoms with Crippen LogP contribution < -0.4 is 0 Å². The van der Waals surface area contributed by atoms with E-state index in [1.807, 2.05) is 0 Å². The summed E-state index contributed by atoms with van der Waals surface area (Å²) in [5.74, 6) is -2.00. The predicted octanol–water partition coefficient (Wildman–Crippen LogP) is 1.27. The Hall–Kier alpha value is -1.93. The maximum atomic E-state index is 12.7. The van der Waals surface area contributed by atoms with Crippen molar-refractivity contribution in [3.05, 3.63) is 29.3 Å². The first-order valence-corrected chi connectivity index (χ1v) is 8.63. The zero-order valence-electron chi connectivity index (χ0n) is 13.0. The molecule has 0 bridgehead atoms. The average molecular weight is 341 g/mol. The molecule has 1 aromatic rings. The Bertz CT molecular complexity index is 719. The molecular weight excluding hydrogens is 322 g/mol. The van der Waals surface area contributed by atoms with Crippen molar-refractivity contribution in [2.75, 3.05) is 20.2 Å². The highest BCUT2D eigenvalue weighted by Gasteiger charge is 2.32.